The first-order chi connectivity index (χ1) is 17.2. The number of hydrogen-bond donors (Lipinski definition) is 1. The molecule has 0 aromatic heterocycles. The Bertz CT molecular complexity index is 1090. The lowest BCUT2D eigenvalue weighted by Gasteiger charge is -2.41. The molecule has 3 atom stereocenters. The van der Waals surface area contributed by atoms with Crippen molar-refractivity contribution in [2.45, 2.75) is 102 Å². The quantitative estimate of drug-likeness (QED) is 0.441. The molecule has 2 aromatic carbocycles. The number of hydrogen-bond acceptors (Lipinski definition) is 3. The zero-order valence-electron chi connectivity index (χ0n) is 21.1. The first-order valence-corrected chi connectivity index (χ1v) is 13.5. The summed E-state index contributed by atoms with van der Waals surface area (Å²) in [4.78, 5) is 13.9. The molecule has 3 aliphatic rings. The van der Waals surface area contributed by atoms with Crippen molar-refractivity contribution in [1.82, 2.24) is 4.90 Å². The summed E-state index contributed by atoms with van der Waals surface area (Å²) < 4.78 is 49.4. The maximum absolute atomic E-state index is 14.4. The summed E-state index contributed by atoms with van der Waals surface area (Å²) in [5.41, 5.74) is 0.151. The van der Waals surface area contributed by atoms with Crippen molar-refractivity contribution in [3.63, 3.8) is 0 Å². The number of rotatable bonds is 6. The molecule has 5 rings (SSSR count). The smallest absolute Gasteiger partial charge is 0.420 e. The van der Waals surface area contributed by atoms with Crippen LogP contribution in [0.25, 0.3) is 10.8 Å². The molecule has 0 amide bonds. The van der Waals surface area contributed by atoms with Gasteiger partial charge in [-0.25, -0.2) is 0 Å². The highest BCUT2D eigenvalue weighted by atomic mass is 19.4. The number of benzene rings is 2. The van der Waals surface area contributed by atoms with Gasteiger partial charge in [0.1, 0.15) is 11.3 Å². The molecule has 196 valence electrons. The average Bonchev–Trinajstić information content (AvgIpc) is 3.11. The number of carboxylic acids is 1. The normalized spacial score (nSPS) is 29.9. The number of fused-ring (bicyclic) bond motifs is 3. The number of carbonyl (C=O) groups is 1. The van der Waals surface area contributed by atoms with Crippen LogP contribution in [0.15, 0.2) is 30.3 Å². The van der Waals surface area contributed by atoms with Gasteiger partial charge < -0.3 is 9.84 Å². The van der Waals surface area contributed by atoms with Gasteiger partial charge in [0, 0.05) is 18.1 Å². The van der Waals surface area contributed by atoms with Crippen molar-refractivity contribution >= 4 is 16.7 Å². The van der Waals surface area contributed by atoms with Gasteiger partial charge in [0.05, 0.1) is 12.0 Å². The summed E-state index contributed by atoms with van der Waals surface area (Å²) >= 11 is 0. The lowest BCUT2D eigenvalue weighted by atomic mass is 9.86. The fraction of sp³-hybridized carbons (Fsp3) is 0.621. The summed E-state index contributed by atoms with van der Waals surface area (Å²) in [5, 5.41) is 10.2. The summed E-state index contributed by atoms with van der Waals surface area (Å²) in [6.07, 6.45) is 3.07. The Kier molecular flexibility index (Phi) is 6.96. The van der Waals surface area contributed by atoms with Crippen LogP contribution in [0.3, 0.4) is 0 Å². The van der Waals surface area contributed by atoms with E-state index in [0.717, 1.165) is 50.5 Å². The Balaban J connectivity index is 1.45. The Hall–Kier alpha value is -2.28. The van der Waals surface area contributed by atoms with Crippen LogP contribution in [0.1, 0.15) is 88.8 Å². The van der Waals surface area contributed by atoms with E-state index in [0.29, 0.717) is 24.1 Å². The Labute approximate surface area is 210 Å². The summed E-state index contributed by atoms with van der Waals surface area (Å²) in [6.45, 7) is 4.20. The van der Waals surface area contributed by atoms with Crippen molar-refractivity contribution in [2.24, 2.45) is 11.8 Å². The maximum Gasteiger partial charge on any atom is 0.420 e. The van der Waals surface area contributed by atoms with E-state index >= 15 is 0 Å². The van der Waals surface area contributed by atoms with Crippen LogP contribution >= 0.6 is 0 Å². The lowest BCUT2D eigenvalue weighted by Crippen LogP contribution is -2.45. The SMILES string of the molecule is CC[C@H]1CC[C@@H](Oc2ccc3ccc([C@@H](C)N4C5CCC4CC(C(=O)O)C5)cc3c2C(F)(F)F)CC1. The highest BCUT2D eigenvalue weighted by molar-refractivity contribution is 5.89. The minimum absolute atomic E-state index is 0.0675. The zero-order valence-corrected chi connectivity index (χ0v) is 21.1. The van der Waals surface area contributed by atoms with Gasteiger partial charge in [0.15, 0.2) is 0 Å². The molecule has 1 N–H and O–H groups in total. The minimum Gasteiger partial charge on any atom is -0.490 e. The number of carboxylic acid groups (broad SMARTS) is 1. The first-order valence-electron chi connectivity index (χ1n) is 13.5. The molecule has 2 saturated heterocycles. The second-order valence-electron chi connectivity index (χ2n) is 11.1. The lowest BCUT2D eigenvalue weighted by molar-refractivity contribution is -0.144. The predicted octanol–water partition coefficient (Wildman–Crippen LogP) is 7.59. The van der Waals surface area contributed by atoms with Gasteiger partial charge in [-0.2, -0.15) is 13.2 Å². The van der Waals surface area contributed by atoms with E-state index in [9.17, 15) is 23.1 Å². The van der Waals surface area contributed by atoms with Crippen molar-refractivity contribution < 1.29 is 27.8 Å². The van der Waals surface area contributed by atoms with E-state index in [1.165, 1.54) is 6.07 Å². The highest BCUT2D eigenvalue weighted by Gasteiger charge is 2.45. The molecular formula is C29H36F3NO3. The molecule has 0 radical (unpaired) electrons. The zero-order chi connectivity index (χ0) is 25.6. The van der Waals surface area contributed by atoms with Crippen molar-refractivity contribution in [1.29, 1.82) is 0 Å². The van der Waals surface area contributed by atoms with E-state index in [1.807, 2.05) is 13.0 Å². The van der Waals surface area contributed by atoms with E-state index < -0.39 is 17.7 Å². The fourth-order valence-corrected chi connectivity index (χ4v) is 7.02. The van der Waals surface area contributed by atoms with Crippen molar-refractivity contribution in [2.75, 3.05) is 0 Å². The third kappa shape index (κ3) is 4.83. The van der Waals surface area contributed by atoms with E-state index in [4.69, 9.17) is 4.74 Å². The van der Waals surface area contributed by atoms with E-state index in [-0.39, 0.29) is 41.3 Å². The molecule has 2 bridgehead atoms. The van der Waals surface area contributed by atoms with Gasteiger partial charge in [0.25, 0.3) is 0 Å². The Morgan fingerprint density at radius 1 is 1.06 bits per heavy atom. The van der Waals surface area contributed by atoms with Crippen LogP contribution in [0.4, 0.5) is 13.2 Å². The van der Waals surface area contributed by atoms with Crippen molar-refractivity contribution in [3.8, 4) is 5.75 Å². The van der Waals surface area contributed by atoms with Crippen LogP contribution in [0, 0.1) is 11.8 Å². The summed E-state index contributed by atoms with van der Waals surface area (Å²) in [5.74, 6) is -0.493. The maximum atomic E-state index is 14.4. The number of nitrogens with zero attached hydrogens (tertiary/aromatic N) is 1. The minimum atomic E-state index is -4.53. The molecule has 2 aromatic rings. The fourth-order valence-electron chi connectivity index (χ4n) is 7.02. The molecule has 4 nitrogen and oxygen atoms in total. The molecule has 2 heterocycles. The molecule has 0 spiro atoms. The van der Waals surface area contributed by atoms with Crippen LogP contribution in [-0.2, 0) is 11.0 Å². The van der Waals surface area contributed by atoms with Crippen molar-refractivity contribution in [3.05, 3.63) is 41.5 Å². The largest absolute Gasteiger partial charge is 0.490 e. The number of aliphatic carboxylic acids is 1. The predicted molar refractivity (Wildman–Crippen MR) is 133 cm³/mol. The number of halogens is 3. The molecular weight excluding hydrogens is 467 g/mol. The molecule has 1 saturated carbocycles. The second-order valence-corrected chi connectivity index (χ2v) is 11.1. The Morgan fingerprint density at radius 2 is 1.69 bits per heavy atom. The average molecular weight is 504 g/mol. The topological polar surface area (TPSA) is 49.8 Å². The number of piperidine rings is 1. The summed E-state index contributed by atoms with van der Waals surface area (Å²) in [6, 6.07) is 8.83. The van der Waals surface area contributed by atoms with Crippen LogP contribution in [-0.4, -0.2) is 34.2 Å². The molecule has 2 unspecified atom stereocenters. The molecule has 3 fully saturated rings. The van der Waals surface area contributed by atoms with E-state index in [2.05, 4.69) is 11.8 Å². The highest BCUT2D eigenvalue weighted by Crippen LogP contribution is 2.46. The van der Waals surface area contributed by atoms with Crippen LogP contribution < -0.4 is 4.74 Å². The molecule has 7 heteroatoms. The molecule has 2 aliphatic heterocycles. The second kappa shape index (κ2) is 9.88. The van der Waals surface area contributed by atoms with Gasteiger partial charge in [-0.15, -0.1) is 0 Å². The van der Waals surface area contributed by atoms with Gasteiger partial charge >= 0.3 is 12.1 Å². The standard InChI is InChI=1S/C29H36F3NO3/c1-3-18-4-11-24(12-5-18)36-26-13-8-19-6-7-20(16-25(19)27(26)29(30,31)32)17(2)33-22-9-10-23(33)15-21(14-22)28(34)35/h6-8,13,16-18,21-24H,3-5,9-12,14-15H2,1-2H3,(H,34,35)/t17-,18-,21?,22?,23?,24+/m1/s1. The third-order valence-corrected chi connectivity index (χ3v) is 9.02. The van der Waals surface area contributed by atoms with Crippen LogP contribution in [0.5, 0.6) is 5.75 Å². The van der Waals surface area contributed by atoms with Gasteiger partial charge in [0.2, 0.25) is 0 Å². The van der Waals surface area contributed by atoms with Gasteiger partial charge in [-0.3, -0.25) is 9.69 Å². The monoisotopic (exact) mass is 503 g/mol. The first kappa shape index (κ1) is 25.4. The molecule has 36 heavy (non-hydrogen) atoms. The Morgan fingerprint density at radius 3 is 2.28 bits per heavy atom. The number of alkyl halides is 3. The van der Waals surface area contributed by atoms with E-state index in [1.54, 1.807) is 18.2 Å². The van der Waals surface area contributed by atoms with Gasteiger partial charge in [-0.1, -0.05) is 31.5 Å². The van der Waals surface area contributed by atoms with Gasteiger partial charge in [-0.05, 0) is 92.7 Å². The van der Waals surface area contributed by atoms with Crippen LogP contribution in [0.2, 0.25) is 0 Å². The third-order valence-electron chi connectivity index (χ3n) is 9.02. The number of ether oxygens (including phenoxy) is 1. The summed E-state index contributed by atoms with van der Waals surface area (Å²) in [7, 11) is 0. The molecule has 1 aliphatic carbocycles.